The third kappa shape index (κ3) is 3.40. The minimum atomic E-state index is 0.146. The average molecular weight is 264 g/mol. The molecule has 0 aliphatic rings. The normalized spacial score (nSPS) is 10.7. The van der Waals surface area contributed by atoms with Crippen LogP contribution < -0.4 is 4.74 Å². The van der Waals surface area contributed by atoms with Gasteiger partial charge in [-0.3, -0.25) is 0 Å². The van der Waals surface area contributed by atoms with E-state index in [4.69, 9.17) is 16.3 Å². The van der Waals surface area contributed by atoms with E-state index in [2.05, 4.69) is 29.0 Å². The first kappa shape index (κ1) is 12.8. The second kappa shape index (κ2) is 5.78. The smallest absolute Gasteiger partial charge is 0.243 e. The second-order valence-corrected chi connectivity index (χ2v) is 4.68. The first-order chi connectivity index (χ1) is 8.65. The van der Waals surface area contributed by atoms with Gasteiger partial charge in [0.1, 0.15) is 5.75 Å². The van der Waals surface area contributed by atoms with E-state index < -0.39 is 0 Å². The fourth-order valence-corrected chi connectivity index (χ4v) is 1.54. The fraction of sp³-hybridized carbons (Fsp3) is 0.308. The van der Waals surface area contributed by atoms with Gasteiger partial charge < -0.3 is 4.74 Å². The molecule has 0 bridgehead atoms. The summed E-state index contributed by atoms with van der Waals surface area (Å²) in [6.07, 6.45) is 1.58. The van der Waals surface area contributed by atoms with Crippen molar-refractivity contribution in [2.24, 2.45) is 5.92 Å². The third-order valence-electron chi connectivity index (χ3n) is 2.27. The van der Waals surface area contributed by atoms with Gasteiger partial charge in [0.05, 0.1) is 18.5 Å². The molecule has 5 heteroatoms. The molecule has 0 fully saturated rings. The van der Waals surface area contributed by atoms with Crippen molar-refractivity contribution in [3.8, 4) is 17.0 Å². The zero-order valence-corrected chi connectivity index (χ0v) is 11.1. The Bertz CT molecular complexity index is 514. The lowest BCUT2D eigenvalue weighted by atomic mass is 10.1. The maximum Gasteiger partial charge on any atom is 0.243 e. The van der Waals surface area contributed by atoms with Crippen LogP contribution in [-0.2, 0) is 0 Å². The Morgan fingerprint density at radius 3 is 2.56 bits per heavy atom. The summed E-state index contributed by atoms with van der Waals surface area (Å²) in [5, 5.41) is 7.52. The topological polar surface area (TPSA) is 47.9 Å². The van der Waals surface area contributed by atoms with Crippen molar-refractivity contribution in [1.82, 2.24) is 15.2 Å². The van der Waals surface area contributed by atoms with E-state index in [0.717, 1.165) is 11.3 Å². The van der Waals surface area contributed by atoms with Crippen LogP contribution in [0.2, 0.25) is 5.28 Å². The molecule has 2 rings (SSSR count). The molecule has 0 amide bonds. The van der Waals surface area contributed by atoms with Crippen molar-refractivity contribution in [3.05, 3.63) is 35.7 Å². The summed E-state index contributed by atoms with van der Waals surface area (Å²) in [7, 11) is 0. The average Bonchev–Trinajstić information content (AvgIpc) is 2.37. The van der Waals surface area contributed by atoms with Crippen molar-refractivity contribution in [2.45, 2.75) is 13.8 Å². The van der Waals surface area contributed by atoms with Gasteiger partial charge in [0.2, 0.25) is 5.28 Å². The lowest BCUT2D eigenvalue weighted by molar-refractivity contribution is 0.271. The number of ether oxygens (including phenoxy) is 1. The van der Waals surface area contributed by atoms with Gasteiger partial charge in [-0.05, 0) is 41.8 Å². The minimum Gasteiger partial charge on any atom is -0.493 e. The van der Waals surface area contributed by atoms with Gasteiger partial charge in [-0.15, -0.1) is 5.10 Å². The Balaban J connectivity index is 2.12. The molecule has 1 aromatic heterocycles. The van der Waals surface area contributed by atoms with E-state index in [9.17, 15) is 0 Å². The van der Waals surface area contributed by atoms with E-state index in [0.29, 0.717) is 18.2 Å². The van der Waals surface area contributed by atoms with Gasteiger partial charge >= 0.3 is 0 Å². The van der Waals surface area contributed by atoms with Gasteiger partial charge in [-0.1, -0.05) is 13.8 Å². The molecule has 0 atom stereocenters. The van der Waals surface area contributed by atoms with Crippen molar-refractivity contribution < 1.29 is 4.74 Å². The molecule has 0 spiro atoms. The molecule has 2 aromatic rings. The Morgan fingerprint density at radius 2 is 1.94 bits per heavy atom. The van der Waals surface area contributed by atoms with Crippen LogP contribution >= 0.6 is 11.6 Å². The molecular weight excluding hydrogens is 250 g/mol. The summed E-state index contributed by atoms with van der Waals surface area (Å²) < 4.78 is 5.61. The highest BCUT2D eigenvalue weighted by molar-refractivity contribution is 6.28. The molecular formula is C13H14ClN3O. The number of hydrogen-bond donors (Lipinski definition) is 0. The van der Waals surface area contributed by atoms with Crippen molar-refractivity contribution in [1.29, 1.82) is 0 Å². The summed E-state index contributed by atoms with van der Waals surface area (Å²) >= 11 is 5.70. The number of nitrogens with zero attached hydrogens (tertiary/aromatic N) is 3. The van der Waals surface area contributed by atoms with E-state index in [1.165, 1.54) is 0 Å². The Morgan fingerprint density at radius 1 is 1.22 bits per heavy atom. The maximum atomic E-state index is 5.70. The lowest BCUT2D eigenvalue weighted by Crippen LogP contribution is -2.04. The number of hydrogen-bond acceptors (Lipinski definition) is 4. The molecule has 0 N–H and O–H groups in total. The lowest BCUT2D eigenvalue weighted by Gasteiger charge is -2.08. The summed E-state index contributed by atoms with van der Waals surface area (Å²) in [6, 6.07) is 7.67. The molecule has 4 nitrogen and oxygen atoms in total. The van der Waals surface area contributed by atoms with Gasteiger partial charge in [0, 0.05) is 5.56 Å². The van der Waals surface area contributed by atoms with E-state index in [-0.39, 0.29) is 5.28 Å². The fourth-order valence-electron chi connectivity index (χ4n) is 1.41. The second-order valence-electron chi connectivity index (χ2n) is 4.34. The molecule has 0 unspecified atom stereocenters. The van der Waals surface area contributed by atoms with Crippen LogP contribution in [-0.4, -0.2) is 21.8 Å². The quantitative estimate of drug-likeness (QED) is 0.850. The number of halogens is 1. The van der Waals surface area contributed by atoms with Crippen LogP contribution in [0.3, 0.4) is 0 Å². The molecule has 0 aliphatic heterocycles. The molecule has 0 radical (unpaired) electrons. The molecule has 1 heterocycles. The first-order valence-electron chi connectivity index (χ1n) is 5.73. The zero-order valence-electron chi connectivity index (χ0n) is 10.3. The predicted molar refractivity (Wildman–Crippen MR) is 70.6 cm³/mol. The largest absolute Gasteiger partial charge is 0.493 e. The highest BCUT2D eigenvalue weighted by atomic mass is 35.5. The van der Waals surface area contributed by atoms with E-state index >= 15 is 0 Å². The van der Waals surface area contributed by atoms with Gasteiger partial charge in [-0.2, -0.15) is 5.10 Å². The highest BCUT2D eigenvalue weighted by Crippen LogP contribution is 2.20. The Kier molecular flexibility index (Phi) is 4.10. The summed E-state index contributed by atoms with van der Waals surface area (Å²) in [5.41, 5.74) is 1.63. The van der Waals surface area contributed by atoms with Crippen molar-refractivity contribution in [2.75, 3.05) is 6.61 Å². The standard InChI is InChI=1S/C13H14ClN3O/c1-9(2)8-18-11-5-3-10(4-6-11)12-7-15-17-13(14)16-12/h3-7,9H,8H2,1-2H3. The van der Waals surface area contributed by atoms with Crippen LogP contribution in [0.1, 0.15) is 13.8 Å². The summed E-state index contributed by atoms with van der Waals surface area (Å²) in [6.45, 7) is 4.94. The maximum absolute atomic E-state index is 5.70. The minimum absolute atomic E-state index is 0.146. The van der Waals surface area contributed by atoms with E-state index in [1.807, 2.05) is 24.3 Å². The molecule has 94 valence electrons. The van der Waals surface area contributed by atoms with Gasteiger partial charge in [0.15, 0.2) is 0 Å². The molecule has 0 aliphatic carbocycles. The summed E-state index contributed by atoms with van der Waals surface area (Å²) in [4.78, 5) is 4.10. The Labute approximate surface area is 111 Å². The summed E-state index contributed by atoms with van der Waals surface area (Å²) in [5.74, 6) is 1.36. The zero-order chi connectivity index (χ0) is 13.0. The van der Waals surface area contributed by atoms with Crippen molar-refractivity contribution >= 4 is 11.6 Å². The van der Waals surface area contributed by atoms with Crippen LogP contribution in [0.4, 0.5) is 0 Å². The number of aromatic nitrogens is 3. The van der Waals surface area contributed by atoms with Gasteiger partial charge in [-0.25, -0.2) is 4.98 Å². The SMILES string of the molecule is CC(C)COc1ccc(-c2cnnc(Cl)n2)cc1. The predicted octanol–water partition coefficient (Wildman–Crippen LogP) is 3.23. The molecule has 0 saturated heterocycles. The number of benzene rings is 1. The van der Waals surface area contributed by atoms with Crippen LogP contribution in [0.5, 0.6) is 5.75 Å². The van der Waals surface area contributed by atoms with Crippen LogP contribution in [0.25, 0.3) is 11.3 Å². The highest BCUT2D eigenvalue weighted by Gasteiger charge is 2.03. The van der Waals surface area contributed by atoms with Crippen LogP contribution in [0, 0.1) is 5.92 Å². The third-order valence-corrected chi connectivity index (χ3v) is 2.43. The Hall–Kier alpha value is -1.68. The first-order valence-corrected chi connectivity index (χ1v) is 6.11. The van der Waals surface area contributed by atoms with Crippen molar-refractivity contribution in [3.63, 3.8) is 0 Å². The molecule has 1 aromatic carbocycles. The van der Waals surface area contributed by atoms with Crippen LogP contribution in [0.15, 0.2) is 30.5 Å². The van der Waals surface area contributed by atoms with Gasteiger partial charge in [0.25, 0.3) is 0 Å². The van der Waals surface area contributed by atoms with E-state index in [1.54, 1.807) is 6.20 Å². The monoisotopic (exact) mass is 263 g/mol. The molecule has 18 heavy (non-hydrogen) atoms. The molecule has 0 saturated carbocycles. The number of rotatable bonds is 4.